The molecule has 0 spiro atoms. The van der Waals surface area contributed by atoms with Crippen molar-refractivity contribution in [1.82, 2.24) is 0 Å². The maximum Gasteiger partial charge on any atom is 0.335 e. The van der Waals surface area contributed by atoms with Crippen molar-refractivity contribution in [2.45, 2.75) is 20.8 Å². The molecule has 0 amide bonds. The fourth-order valence-electron chi connectivity index (χ4n) is 0.333. The van der Waals surface area contributed by atoms with Gasteiger partial charge in [0, 0.05) is 0 Å². The van der Waals surface area contributed by atoms with Gasteiger partial charge >= 0.3 is 5.90 Å². The molecule has 0 aliphatic rings. The minimum atomic E-state index is 0. The van der Waals surface area contributed by atoms with Gasteiger partial charge in [0.05, 0.1) is 12.5 Å². The molecule has 0 atom stereocenters. The third-order valence-corrected chi connectivity index (χ3v) is 0.880. The number of ether oxygens (including phenoxy) is 1. The molecular weight excluding hydrogens is 138 g/mol. The predicted molar refractivity (Wildman–Crippen MR) is 33.4 cm³/mol. The molecule has 0 aromatic heterocycles. The normalized spacial score (nSPS) is 8.44. The van der Waals surface area contributed by atoms with Crippen molar-refractivity contribution in [2.75, 3.05) is 6.61 Å². The summed E-state index contributed by atoms with van der Waals surface area (Å²) in [5.41, 5.74) is 0. The van der Waals surface area contributed by atoms with Crippen molar-refractivity contribution in [1.29, 1.82) is 0 Å². The quantitative estimate of drug-likeness (QED) is 0.328. The van der Waals surface area contributed by atoms with Gasteiger partial charge in [-0.15, -0.1) is 0 Å². The third kappa shape index (κ3) is 5.63. The van der Waals surface area contributed by atoms with Gasteiger partial charge in [-0.2, -0.15) is 0 Å². The number of rotatable bonds is 2. The second kappa shape index (κ2) is 5.89. The molecule has 0 saturated heterocycles. The highest BCUT2D eigenvalue weighted by Crippen LogP contribution is 1.91. The monoisotopic (exact) mass is 151 g/mol. The highest BCUT2D eigenvalue weighted by atomic mass is 35.5. The zero-order valence-electron chi connectivity index (χ0n) is 6.15. The Kier molecular flexibility index (Phi) is 7.55. The molecule has 0 aromatic rings. The molecule has 0 rings (SSSR count). The molecule has 9 heavy (non-hydrogen) atoms. The van der Waals surface area contributed by atoms with E-state index in [-0.39, 0.29) is 12.4 Å². The van der Waals surface area contributed by atoms with Crippen molar-refractivity contribution < 1.29 is 22.6 Å². The number of hydrogen-bond acceptors (Lipinski definition) is 1. The summed E-state index contributed by atoms with van der Waals surface area (Å²) in [5, 5.41) is 5.42. The summed E-state index contributed by atoms with van der Waals surface area (Å²) in [7, 11) is 0. The number of halogens is 1. The van der Waals surface area contributed by atoms with Crippen LogP contribution in [0.5, 0.6) is 0 Å². The average Bonchev–Trinajstić information content (AvgIpc) is 1.67. The zero-order chi connectivity index (χ0) is 6.57. The maximum atomic E-state index is 5.42. The van der Waals surface area contributed by atoms with Crippen LogP contribution in [0.3, 0.4) is 0 Å². The van der Waals surface area contributed by atoms with E-state index in [2.05, 4.69) is 0 Å². The van der Waals surface area contributed by atoms with E-state index in [1.165, 1.54) is 0 Å². The van der Waals surface area contributed by atoms with Crippen LogP contribution in [0, 0.1) is 5.92 Å². The Hall–Kier alpha value is -0.240. The maximum absolute atomic E-state index is 5.42. The van der Waals surface area contributed by atoms with E-state index in [1.54, 1.807) is 0 Å². The van der Waals surface area contributed by atoms with Crippen molar-refractivity contribution in [2.24, 2.45) is 5.92 Å². The Balaban J connectivity index is 0. The molecule has 2 nitrogen and oxygen atoms in total. The van der Waals surface area contributed by atoms with Crippen LogP contribution in [-0.4, -0.2) is 12.5 Å². The topological polar surface area (TPSA) is 34.8 Å². The van der Waals surface area contributed by atoms with Crippen molar-refractivity contribution in [3.05, 3.63) is 0 Å². The fourth-order valence-corrected chi connectivity index (χ4v) is 0.333. The van der Waals surface area contributed by atoms with E-state index in [1.807, 2.05) is 20.8 Å². The molecule has 0 unspecified atom stereocenters. The first kappa shape index (κ1) is 11.5. The van der Waals surface area contributed by atoms with Crippen molar-refractivity contribution in [3.8, 4) is 0 Å². The smallest absolute Gasteiger partial charge is 0.335 e. The van der Waals surface area contributed by atoms with Gasteiger partial charge in [-0.25, -0.2) is 5.41 Å². The van der Waals surface area contributed by atoms with Gasteiger partial charge in [0.25, 0.3) is 0 Å². The van der Waals surface area contributed by atoms with Gasteiger partial charge in [-0.1, -0.05) is 0 Å². The summed E-state index contributed by atoms with van der Waals surface area (Å²) in [5.74, 6) is 0.974. The Morgan fingerprint density at radius 2 is 2.00 bits per heavy atom. The third-order valence-electron chi connectivity index (χ3n) is 0.880. The fraction of sp³-hybridized carbons (Fsp3) is 0.833. The molecular formula is C6H14ClNO. The van der Waals surface area contributed by atoms with Crippen LogP contribution in [0.2, 0.25) is 0 Å². The van der Waals surface area contributed by atoms with Crippen LogP contribution in [0.1, 0.15) is 20.8 Å². The first-order chi connectivity index (χ1) is 3.68. The van der Waals surface area contributed by atoms with Gasteiger partial charge in [0.1, 0.15) is 0 Å². The summed E-state index contributed by atoms with van der Waals surface area (Å²) in [6.07, 6.45) is 0. The summed E-state index contributed by atoms with van der Waals surface area (Å²) in [6, 6.07) is 0. The van der Waals surface area contributed by atoms with E-state index < -0.39 is 0 Å². The molecule has 0 aromatic carbocycles. The molecule has 0 bridgehead atoms. The van der Waals surface area contributed by atoms with Crippen LogP contribution in [-0.2, 0) is 4.74 Å². The van der Waals surface area contributed by atoms with Crippen LogP contribution in [0.25, 0.3) is 0 Å². The van der Waals surface area contributed by atoms with Gasteiger partial charge in [0.15, 0.2) is 0 Å². The summed E-state index contributed by atoms with van der Waals surface area (Å²) in [4.78, 5) is 0. The summed E-state index contributed by atoms with van der Waals surface area (Å²) in [6.45, 7) is 6.61. The molecule has 56 valence electrons. The van der Waals surface area contributed by atoms with Gasteiger partial charge in [-0.05, 0) is 20.8 Å². The van der Waals surface area contributed by atoms with Gasteiger partial charge in [-0.3, -0.25) is 0 Å². The van der Waals surface area contributed by atoms with Crippen LogP contribution in [0.4, 0.5) is 0 Å². The highest BCUT2D eigenvalue weighted by molar-refractivity contribution is 5.71. The molecule has 0 saturated carbocycles. The Labute approximate surface area is 62.5 Å². The van der Waals surface area contributed by atoms with Crippen LogP contribution >= 0.6 is 0 Å². The Morgan fingerprint density at radius 1 is 1.56 bits per heavy atom. The highest BCUT2D eigenvalue weighted by Gasteiger charge is 2.06. The molecule has 0 fully saturated rings. The van der Waals surface area contributed by atoms with Gasteiger partial charge < -0.3 is 17.1 Å². The minimum Gasteiger partial charge on any atom is -1.00 e. The first-order valence-electron chi connectivity index (χ1n) is 2.93. The molecule has 0 radical (unpaired) electrons. The lowest BCUT2D eigenvalue weighted by Gasteiger charge is -2.00. The lowest BCUT2D eigenvalue weighted by molar-refractivity contribution is -0.146. The Morgan fingerprint density at radius 3 is 2.11 bits per heavy atom. The second-order valence-corrected chi connectivity index (χ2v) is 1.99. The van der Waals surface area contributed by atoms with Crippen LogP contribution in [0.15, 0.2) is 0 Å². The van der Waals surface area contributed by atoms with E-state index >= 15 is 0 Å². The standard InChI is InChI=1S/C6H13NO.ClH/c1-4-8-6(7)5(2)3;/h5,7H,4H2,1-3H3;1H. The zero-order valence-corrected chi connectivity index (χ0v) is 6.90. The van der Waals surface area contributed by atoms with E-state index in [0.29, 0.717) is 18.4 Å². The molecule has 3 heteroatoms. The first-order valence-corrected chi connectivity index (χ1v) is 2.93. The number of hydrogen-bond donors (Lipinski definition) is 1. The van der Waals surface area contributed by atoms with E-state index in [9.17, 15) is 0 Å². The summed E-state index contributed by atoms with van der Waals surface area (Å²) >= 11 is 0. The largest absolute Gasteiger partial charge is 1.00 e. The van der Waals surface area contributed by atoms with E-state index in [4.69, 9.17) is 10.1 Å². The predicted octanol–water partition coefficient (Wildman–Crippen LogP) is -3.16. The molecule has 2 N–H and O–H groups in total. The van der Waals surface area contributed by atoms with Crippen molar-refractivity contribution in [3.63, 3.8) is 0 Å². The SMILES string of the molecule is CCOC(=[NH2+])C(C)C.[Cl-]. The van der Waals surface area contributed by atoms with Crippen molar-refractivity contribution >= 4 is 5.90 Å². The summed E-state index contributed by atoms with van der Waals surface area (Å²) < 4.78 is 5.00. The number of nitrogens with two attached hydrogens (primary N) is 1. The molecule has 0 heterocycles. The lowest BCUT2D eigenvalue weighted by Crippen LogP contribution is -3.00. The van der Waals surface area contributed by atoms with E-state index in [0.717, 1.165) is 0 Å². The average molecular weight is 152 g/mol. The van der Waals surface area contributed by atoms with Crippen LogP contribution < -0.4 is 17.8 Å². The van der Waals surface area contributed by atoms with Gasteiger partial charge in [0.2, 0.25) is 0 Å². The Bertz CT molecular complexity index is 83.1. The lowest BCUT2D eigenvalue weighted by atomic mass is 10.2. The molecule has 0 aliphatic carbocycles. The minimum absolute atomic E-state index is 0. The second-order valence-electron chi connectivity index (χ2n) is 1.99. The molecule has 0 aliphatic heterocycles.